The molecule has 7 heteroatoms. The Labute approximate surface area is 173 Å². The fourth-order valence-corrected chi connectivity index (χ4v) is 3.37. The number of hydrogen-bond acceptors (Lipinski definition) is 4. The van der Waals surface area contributed by atoms with E-state index in [-0.39, 0.29) is 24.4 Å². The number of nitrogens with zero attached hydrogens (tertiary/aromatic N) is 1. The van der Waals surface area contributed by atoms with Gasteiger partial charge in [-0.2, -0.15) is 0 Å². The molecule has 0 aliphatic carbocycles. The predicted molar refractivity (Wildman–Crippen MR) is 112 cm³/mol. The van der Waals surface area contributed by atoms with Crippen molar-refractivity contribution in [1.29, 1.82) is 0 Å². The van der Waals surface area contributed by atoms with E-state index in [0.29, 0.717) is 18.8 Å². The lowest BCUT2D eigenvalue weighted by Gasteiger charge is -2.22. The van der Waals surface area contributed by atoms with E-state index in [1.165, 1.54) is 0 Å². The van der Waals surface area contributed by atoms with Crippen molar-refractivity contribution in [3.63, 3.8) is 0 Å². The summed E-state index contributed by atoms with van der Waals surface area (Å²) in [5.74, 6) is 0.655. The molecule has 0 radical (unpaired) electrons. The monoisotopic (exact) mass is 403 g/mol. The van der Waals surface area contributed by atoms with Crippen molar-refractivity contribution in [2.75, 3.05) is 13.7 Å². The fraction of sp³-hybridized carbons (Fsp3) is 0.591. The van der Waals surface area contributed by atoms with Gasteiger partial charge in [0.15, 0.2) is 0 Å². The molecule has 0 unspecified atom stereocenters. The van der Waals surface area contributed by atoms with Crippen molar-refractivity contribution in [2.24, 2.45) is 5.92 Å². The van der Waals surface area contributed by atoms with E-state index < -0.39 is 11.6 Å². The Morgan fingerprint density at radius 3 is 2.41 bits per heavy atom. The topological polar surface area (TPSA) is 87.7 Å². The molecule has 1 aliphatic rings. The molecule has 1 aromatic carbocycles. The molecule has 160 valence electrons. The molecule has 1 aromatic rings. The van der Waals surface area contributed by atoms with Gasteiger partial charge in [-0.05, 0) is 63.1 Å². The molecule has 0 saturated carbocycles. The molecule has 29 heavy (non-hydrogen) atoms. The summed E-state index contributed by atoms with van der Waals surface area (Å²) in [4.78, 5) is 38.5. The zero-order chi connectivity index (χ0) is 21.6. The molecular formula is C22H33N3O4. The van der Waals surface area contributed by atoms with Crippen LogP contribution >= 0.6 is 0 Å². The van der Waals surface area contributed by atoms with Crippen LogP contribution in [0.25, 0.3) is 0 Å². The van der Waals surface area contributed by atoms with E-state index in [1.54, 1.807) is 14.0 Å². The second-order valence-corrected chi connectivity index (χ2v) is 8.44. The number of hydrogen-bond donors (Lipinski definition) is 2. The number of imide groups is 1. The molecule has 4 amide bonds. The summed E-state index contributed by atoms with van der Waals surface area (Å²) in [5, 5.41) is 5.63. The van der Waals surface area contributed by atoms with Crippen LogP contribution in [0.4, 0.5) is 4.79 Å². The number of rotatable bonds is 10. The first-order valence-corrected chi connectivity index (χ1v) is 10.2. The van der Waals surface area contributed by atoms with Gasteiger partial charge in [-0.3, -0.25) is 14.5 Å². The van der Waals surface area contributed by atoms with Gasteiger partial charge in [-0.1, -0.05) is 26.0 Å². The quantitative estimate of drug-likeness (QED) is 0.588. The molecule has 1 fully saturated rings. The smallest absolute Gasteiger partial charge is 0.325 e. The number of carbonyl (C=O) groups is 3. The van der Waals surface area contributed by atoms with Crippen molar-refractivity contribution in [1.82, 2.24) is 15.5 Å². The summed E-state index contributed by atoms with van der Waals surface area (Å²) >= 11 is 0. The van der Waals surface area contributed by atoms with E-state index in [1.807, 2.05) is 31.2 Å². The Morgan fingerprint density at radius 1 is 1.17 bits per heavy atom. The highest BCUT2D eigenvalue weighted by Crippen LogP contribution is 2.24. The number of carbonyl (C=O) groups excluding carboxylic acids is 3. The van der Waals surface area contributed by atoms with Crippen LogP contribution in [0.1, 0.15) is 52.5 Å². The Morgan fingerprint density at radius 2 is 1.83 bits per heavy atom. The zero-order valence-corrected chi connectivity index (χ0v) is 18.1. The molecule has 1 heterocycles. The molecule has 0 bridgehead atoms. The number of aryl methyl sites for hydroxylation is 1. The van der Waals surface area contributed by atoms with Crippen LogP contribution in [0.3, 0.4) is 0 Å². The van der Waals surface area contributed by atoms with E-state index in [9.17, 15) is 14.4 Å². The Bertz CT molecular complexity index is 732. The standard InChI is InChI=1S/C22H33N3O4/c1-15(2)6-7-16(3)23-19(26)14-25-20(27)22(4,24-21(25)28)13-12-17-8-10-18(29-5)11-9-17/h8-11,15-16H,6-7,12-14H2,1-5H3,(H,23,26)(H,24,28)/t16-,22-/m0/s1. The van der Waals surface area contributed by atoms with Gasteiger partial charge in [-0.25, -0.2) is 4.79 Å². The van der Waals surface area contributed by atoms with Crippen molar-refractivity contribution >= 4 is 17.8 Å². The van der Waals surface area contributed by atoms with Crippen LogP contribution in [0.15, 0.2) is 24.3 Å². The first-order chi connectivity index (χ1) is 13.6. The summed E-state index contributed by atoms with van der Waals surface area (Å²) in [6.07, 6.45) is 2.95. The second kappa shape index (κ2) is 9.76. The molecule has 1 saturated heterocycles. The maximum atomic E-state index is 12.8. The summed E-state index contributed by atoms with van der Waals surface area (Å²) in [7, 11) is 1.61. The van der Waals surface area contributed by atoms with Crippen LogP contribution in [-0.4, -0.2) is 48.0 Å². The minimum absolute atomic E-state index is 0.00659. The van der Waals surface area contributed by atoms with E-state index in [2.05, 4.69) is 24.5 Å². The number of nitrogens with one attached hydrogen (secondary N) is 2. The summed E-state index contributed by atoms with van der Waals surface area (Å²) in [6, 6.07) is 7.10. The highest BCUT2D eigenvalue weighted by molar-refractivity contribution is 6.08. The van der Waals surface area contributed by atoms with Crippen molar-refractivity contribution in [3.8, 4) is 5.75 Å². The van der Waals surface area contributed by atoms with Crippen molar-refractivity contribution in [2.45, 2.75) is 65.0 Å². The molecule has 2 atom stereocenters. The summed E-state index contributed by atoms with van der Waals surface area (Å²) in [5.41, 5.74) is 0.0323. The molecule has 0 spiro atoms. The Balaban J connectivity index is 1.90. The number of benzene rings is 1. The van der Waals surface area contributed by atoms with Crippen molar-refractivity contribution < 1.29 is 19.1 Å². The lowest BCUT2D eigenvalue weighted by molar-refractivity contribution is -0.134. The van der Waals surface area contributed by atoms with Gasteiger partial charge in [-0.15, -0.1) is 0 Å². The third-order valence-corrected chi connectivity index (χ3v) is 5.30. The average Bonchev–Trinajstić information content (AvgIpc) is 2.88. The molecule has 2 rings (SSSR count). The molecule has 7 nitrogen and oxygen atoms in total. The fourth-order valence-electron chi connectivity index (χ4n) is 3.37. The predicted octanol–water partition coefficient (Wildman–Crippen LogP) is 2.88. The lowest BCUT2D eigenvalue weighted by Crippen LogP contribution is -2.46. The van der Waals surface area contributed by atoms with E-state index in [0.717, 1.165) is 29.1 Å². The molecular weight excluding hydrogens is 370 g/mol. The Hall–Kier alpha value is -2.57. The first-order valence-electron chi connectivity index (χ1n) is 10.2. The van der Waals surface area contributed by atoms with Crippen LogP contribution in [0, 0.1) is 5.92 Å². The molecule has 2 N–H and O–H groups in total. The highest BCUT2D eigenvalue weighted by atomic mass is 16.5. The highest BCUT2D eigenvalue weighted by Gasteiger charge is 2.47. The normalized spacial score (nSPS) is 20.0. The minimum atomic E-state index is -1.01. The van der Waals surface area contributed by atoms with Gasteiger partial charge in [0, 0.05) is 6.04 Å². The summed E-state index contributed by atoms with van der Waals surface area (Å²) < 4.78 is 5.15. The largest absolute Gasteiger partial charge is 0.497 e. The minimum Gasteiger partial charge on any atom is -0.497 e. The van der Waals surface area contributed by atoms with Gasteiger partial charge >= 0.3 is 6.03 Å². The second-order valence-electron chi connectivity index (χ2n) is 8.44. The maximum Gasteiger partial charge on any atom is 0.325 e. The number of amides is 4. The number of urea groups is 1. The van der Waals surface area contributed by atoms with Gasteiger partial charge in [0.2, 0.25) is 5.91 Å². The third-order valence-electron chi connectivity index (χ3n) is 5.30. The van der Waals surface area contributed by atoms with Crippen molar-refractivity contribution in [3.05, 3.63) is 29.8 Å². The third kappa shape index (κ3) is 6.21. The van der Waals surface area contributed by atoms with Gasteiger partial charge in [0.1, 0.15) is 17.8 Å². The number of methoxy groups -OCH3 is 1. The van der Waals surface area contributed by atoms with Gasteiger partial charge in [0.05, 0.1) is 7.11 Å². The van der Waals surface area contributed by atoms with Gasteiger partial charge < -0.3 is 15.4 Å². The SMILES string of the molecule is COc1ccc(CC[C@]2(C)NC(=O)N(CC(=O)N[C@@H](C)CCC(C)C)C2=O)cc1. The molecule has 0 aromatic heterocycles. The lowest BCUT2D eigenvalue weighted by atomic mass is 9.93. The summed E-state index contributed by atoms with van der Waals surface area (Å²) in [6.45, 7) is 7.66. The van der Waals surface area contributed by atoms with Gasteiger partial charge in [0.25, 0.3) is 5.91 Å². The maximum absolute atomic E-state index is 12.8. The van der Waals surface area contributed by atoms with Crippen LogP contribution < -0.4 is 15.4 Å². The zero-order valence-electron chi connectivity index (χ0n) is 18.1. The van der Waals surface area contributed by atoms with Crippen LogP contribution in [0.2, 0.25) is 0 Å². The van der Waals surface area contributed by atoms with Crippen LogP contribution in [-0.2, 0) is 16.0 Å². The van der Waals surface area contributed by atoms with Crippen LogP contribution in [0.5, 0.6) is 5.75 Å². The van der Waals surface area contributed by atoms with E-state index in [4.69, 9.17) is 4.74 Å². The van der Waals surface area contributed by atoms with E-state index >= 15 is 0 Å². The molecule has 1 aliphatic heterocycles. The average molecular weight is 404 g/mol. The Kier molecular flexibility index (Phi) is 7.65. The first kappa shape index (κ1) is 22.7. The number of ether oxygens (including phenoxy) is 1.